The molecule has 9 heteroatoms. The van der Waals surface area contributed by atoms with E-state index >= 15 is 0 Å². The summed E-state index contributed by atoms with van der Waals surface area (Å²) in [6.45, 7) is 0.542. The van der Waals surface area contributed by atoms with Crippen molar-refractivity contribution >= 4 is 40.6 Å². The summed E-state index contributed by atoms with van der Waals surface area (Å²) >= 11 is 11.2. The summed E-state index contributed by atoms with van der Waals surface area (Å²) in [6, 6.07) is 14.5. The maximum absolute atomic E-state index is 12.6. The first-order valence-electron chi connectivity index (χ1n) is 9.29. The number of amides is 1. The Bertz CT molecular complexity index is 1320. The summed E-state index contributed by atoms with van der Waals surface area (Å²) in [5.41, 5.74) is 2.22. The molecule has 0 radical (unpaired) electrons. The minimum absolute atomic E-state index is 0.140. The van der Waals surface area contributed by atoms with Gasteiger partial charge in [-0.05, 0) is 48.6 Å². The lowest BCUT2D eigenvalue weighted by Gasteiger charge is -2.08. The van der Waals surface area contributed by atoms with Crippen LogP contribution in [0, 0.1) is 4.77 Å². The Morgan fingerprint density at radius 3 is 2.73 bits per heavy atom. The number of fused-ring (bicyclic) bond motifs is 1. The van der Waals surface area contributed by atoms with Crippen LogP contribution in [0.4, 0.5) is 0 Å². The summed E-state index contributed by atoms with van der Waals surface area (Å²) in [4.78, 5) is 27.9. The highest BCUT2D eigenvalue weighted by atomic mass is 35.5. The molecule has 7 nitrogen and oxygen atoms in total. The predicted molar refractivity (Wildman–Crippen MR) is 118 cm³/mol. The number of hydrogen-bond donors (Lipinski definition) is 2. The highest BCUT2D eigenvalue weighted by Crippen LogP contribution is 2.13. The van der Waals surface area contributed by atoms with Crippen LogP contribution < -0.4 is 10.9 Å². The first-order valence-corrected chi connectivity index (χ1v) is 10.1. The van der Waals surface area contributed by atoms with E-state index in [2.05, 4.69) is 15.4 Å². The van der Waals surface area contributed by atoms with Gasteiger partial charge < -0.3 is 10.3 Å². The number of halogens is 1. The second-order valence-corrected chi connectivity index (χ2v) is 7.55. The summed E-state index contributed by atoms with van der Waals surface area (Å²) in [5, 5.41) is 8.34. The van der Waals surface area contributed by atoms with Gasteiger partial charge in [-0.3, -0.25) is 14.2 Å². The standard InChI is InChI=1S/C21H18ClN5O2S/c22-15-5-7-16(8-6-15)27-13-14(12-24-27)11-23-19(28)9-10-26-20(29)17-3-1-2-4-18(17)25-21(26)30/h1-8,12-13H,9-11H2,(H,23,28)(H,25,30). The van der Waals surface area contributed by atoms with E-state index in [-0.39, 0.29) is 24.4 Å². The third kappa shape index (κ3) is 4.34. The number of aromatic amines is 1. The Morgan fingerprint density at radius 2 is 1.93 bits per heavy atom. The van der Waals surface area contributed by atoms with E-state index in [0.29, 0.717) is 27.2 Å². The predicted octanol–water partition coefficient (Wildman–Crippen LogP) is 3.60. The van der Waals surface area contributed by atoms with Gasteiger partial charge in [0.05, 0.1) is 22.8 Å². The van der Waals surface area contributed by atoms with Gasteiger partial charge in [-0.2, -0.15) is 5.10 Å². The van der Waals surface area contributed by atoms with Crippen LogP contribution in [-0.2, 0) is 17.9 Å². The van der Waals surface area contributed by atoms with Crippen molar-refractivity contribution in [1.82, 2.24) is 24.6 Å². The van der Waals surface area contributed by atoms with Gasteiger partial charge in [-0.15, -0.1) is 0 Å². The number of nitrogens with one attached hydrogen (secondary N) is 2. The van der Waals surface area contributed by atoms with Crippen LogP contribution in [0.5, 0.6) is 0 Å². The molecule has 4 rings (SSSR count). The average molecular weight is 440 g/mol. The van der Waals surface area contributed by atoms with Gasteiger partial charge in [0.25, 0.3) is 5.56 Å². The molecule has 0 saturated heterocycles. The van der Waals surface area contributed by atoms with Crippen molar-refractivity contribution in [2.45, 2.75) is 19.5 Å². The van der Waals surface area contributed by atoms with E-state index in [1.54, 1.807) is 41.2 Å². The van der Waals surface area contributed by atoms with E-state index < -0.39 is 0 Å². The fourth-order valence-electron chi connectivity index (χ4n) is 3.09. The van der Waals surface area contributed by atoms with E-state index in [9.17, 15) is 9.59 Å². The molecule has 2 aromatic carbocycles. The molecule has 0 aliphatic rings. The van der Waals surface area contributed by atoms with Crippen molar-refractivity contribution in [3.63, 3.8) is 0 Å². The minimum atomic E-state index is -0.202. The molecule has 0 bridgehead atoms. The number of hydrogen-bond acceptors (Lipinski definition) is 4. The van der Waals surface area contributed by atoms with Gasteiger partial charge in [0.1, 0.15) is 0 Å². The average Bonchev–Trinajstić information content (AvgIpc) is 3.21. The lowest BCUT2D eigenvalue weighted by Crippen LogP contribution is -2.28. The fraction of sp³-hybridized carbons (Fsp3) is 0.143. The van der Waals surface area contributed by atoms with Gasteiger partial charge in [-0.1, -0.05) is 23.7 Å². The molecule has 0 saturated carbocycles. The van der Waals surface area contributed by atoms with Gasteiger partial charge >= 0.3 is 0 Å². The number of rotatable bonds is 6. The molecule has 0 spiro atoms. The van der Waals surface area contributed by atoms with E-state index in [1.807, 2.05) is 24.4 Å². The number of nitrogens with zero attached hydrogens (tertiary/aromatic N) is 3. The topological polar surface area (TPSA) is 84.7 Å². The van der Waals surface area contributed by atoms with Crippen LogP contribution in [0.25, 0.3) is 16.6 Å². The highest BCUT2D eigenvalue weighted by Gasteiger charge is 2.09. The van der Waals surface area contributed by atoms with Gasteiger partial charge in [0.15, 0.2) is 4.77 Å². The van der Waals surface area contributed by atoms with Crippen molar-refractivity contribution in [2.75, 3.05) is 0 Å². The molecule has 0 atom stereocenters. The minimum Gasteiger partial charge on any atom is -0.352 e. The number of para-hydroxylation sites is 1. The lowest BCUT2D eigenvalue weighted by molar-refractivity contribution is -0.121. The number of H-pyrrole nitrogens is 1. The molecule has 0 aliphatic heterocycles. The molecule has 2 heterocycles. The Morgan fingerprint density at radius 1 is 1.17 bits per heavy atom. The lowest BCUT2D eigenvalue weighted by atomic mass is 10.2. The second kappa shape index (κ2) is 8.64. The maximum atomic E-state index is 12.6. The van der Waals surface area contributed by atoms with Crippen molar-refractivity contribution in [2.24, 2.45) is 0 Å². The quantitative estimate of drug-likeness (QED) is 0.449. The van der Waals surface area contributed by atoms with Crippen LogP contribution in [0.2, 0.25) is 5.02 Å². The molecule has 0 fully saturated rings. The Hall–Kier alpha value is -3.23. The monoisotopic (exact) mass is 439 g/mol. The fourth-order valence-corrected chi connectivity index (χ4v) is 3.50. The highest BCUT2D eigenvalue weighted by molar-refractivity contribution is 7.71. The Kier molecular flexibility index (Phi) is 5.78. The van der Waals surface area contributed by atoms with Crippen LogP contribution >= 0.6 is 23.8 Å². The summed E-state index contributed by atoms with van der Waals surface area (Å²) in [6.07, 6.45) is 3.67. The van der Waals surface area contributed by atoms with Crippen molar-refractivity contribution < 1.29 is 4.79 Å². The van der Waals surface area contributed by atoms with Crippen LogP contribution in [0.3, 0.4) is 0 Å². The molecule has 2 N–H and O–H groups in total. The first-order chi connectivity index (χ1) is 14.5. The Labute approximate surface area is 181 Å². The summed E-state index contributed by atoms with van der Waals surface area (Å²) < 4.78 is 3.43. The molecule has 0 aliphatic carbocycles. The van der Waals surface area contributed by atoms with E-state index in [1.165, 1.54) is 4.57 Å². The molecular weight excluding hydrogens is 422 g/mol. The Balaban J connectivity index is 1.37. The largest absolute Gasteiger partial charge is 0.352 e. The van der Waals surface area contributed by atoms with Crippen LogP contribution in [0.15, 0.2) is 65.7 Å². The smallest absolute Gasteiger partial charge is 0.262 e. The molecular formula is C21H18ClN5O2S. The zero-order chi connectivity index (χ0) is 21.1. The summed E-state index contributed by atoms with van der Waals surface area (Å²) in [5.74, 6) is -0.177. The van der Waals surface area contributed by atoms with E-state index in [0.717, 1.165) is 11.3 Å². The van der Waals surface area contributed by atoms with Gasteiger partial charge in [0.2, 0.25) is 5.91 Å². The van der Waals surface area contributed by atoms with Gasteiger partial charge in [-0.25, -0.2) is 4.68 Å². The maximum Gasteiger partial charge on any atom is 0.262 e. The van der Waals surface area contributed by atoms with Crippen molar-refractivity contribution in [3.05, 3.63) is 86.6 Å². The second-order valence-electron chi connectivity index (χ2n) is 6.73. The van der Waals surface area contributed by atoms with Crippen LogP contribution in [0.1, 0.15) is 12.0 Å². The number of benzene rings is 2. The zero-order valence-electron chi connectivity index (χ0n) is 15.8. The van der Waals surface area contributed by atoms with Crippen molar-refractivity contribution in [1.29, 1.82) is 0 Å². The molecule has 4 aromatic rings. The third-order valence-corrected chi connectivity index (χ3v) is 5.24. The van der Waals surface area contributed by atoms with Crippen molar-refractivity contribution in [3.8, 4) is 5.69 Å². The summed E-state index contributed by atoms with van der Waals surface area (Å²) in [7, 11) is 0. The van der Waals surface area contributed by atoms with Crippen LogP contribution in [-0.4, -0.2) is 25.2 Å². The van der Waals surface area contributed by atoms with E-state index in [4.69, 9.17) is 23.8 Å². The SMILES string of the molecule is O=C(CCn1c(=S)[nH]c2ccccc2c1=O)NCc1cnn(-c2ccc(Cl)cc2)c1. The van der Waals surface area contributed by atoms with Gasteiger partial charge in [0, 0.05) is 36.3 Å². The number of aromatic nitrogens is 4. The molecule has 2 aromatic heterocycles. The number of carbonyl (C=O) groups excluding carboxylic acids is 1. The third-order valence-electron chi connectivity index (χ3n) is 4.67. The molecule has 152 valence electrons. The molecule has 0 unspecified atom stereocenters. The normalized spacial score (nSPS) is 11.0. The first kappa shape index (κ1) is 20.1. The molecule has 30 heavy (non-hydrogen) atoms. The molecule has 1 amide bonds. The number of carbonyl (C=O) groups is 1. The zero-order valence-corrected chi connectivity index (χ0v) is 17.4.